The summed E-state index contributed by atoms with van der Waals surface area (Å²) in [5.41, 5.74) is 1.36. The fourth-order valence-electron chi connectivity index (χ4n) is 2.75. The van der Waals surface area contributed by atoms with Crippen molar-refractivity contribution in [1.29, 1.82) is 0 Å². The van der Waals surface area contributed by atoms with E-state index in [0.717, 1.165) is 6.42 Å². The van der Waals surface area contributed by atoms with Crippen molar-refractivity contribution in [3.63, 3.8) is 0 Å². The van der Waals surface area contributed by atoms with Gasteiger partial charge in [-0.1, -0.05) is 72.9 Å². The van der Waals surface area contributed by atoms with Crippen molar-refractivity contribution in [2.45, 2.75) is 73.1 Å². The lowest BCUT2D eigenvalue weighted by Gasteiger charge is -2.14. The van der Waals surface area contributed by atoms with Crippen LogP contribution in [0.1, 0.15) is 89.2 Å². The molecule has 0 aromatic carbocycles. The number of halogens is 3. The summed E-state index contributed by atoms with van der Waals surface area (Å²) in [6.07, 6.45) is 7.83. The van der Waals surface area contributed by atoms with Crippen LogP contribution in [0, 0.1) is 11.9 Å². The van der Waals surface area contributed by atoms with Gasteiger partial charge in [0.25, 0.3) is 0 Å². The number of aromatic nitrogens is 3. The van der Waals surface area contributed by atoms with Crippen molar-refractivity contribution in [3.8, 4) is 11.3 Å². The molecule has 3 rings (SSSR count). The summed E-state index contributed by atoms with van der Waals surface area (Å²) >= 11 is 0. The quantitative estimate of drug-likeness (QED) is 0.325. The third kappa shape index (κ3) is 11.6. The van der Waals surface area contributed by atoms with Crippen molar-refractivity contribution in [2.75, 3.05) is 0 Å². The van der Waals surface area contributed by atoms with Crippen molar-refractivity contribution in [2.24, 2.45) is 0 Å². The molecule has 3 heterocycles. The average molecular weight is 492 g/mol. The molecule has 0 aliphatic heterocycles. The minimum Gasteiger partial charge on any atom is -0.256 e. The number of unbranched alkanes of at least 4 members (excludes halogenated alkanes) is 2. The summed E-state index contributed by atoms with van der Waals surface area (Å²) in [4.78, 5) is 24.2. The van der Waals surface area contributed by atoms with Gasteiger partial charge in [0.05, 0.1) is 11.3 Å². The third-order valence-corrected chi connectivity index (χ3v) is 4.69. The van der Waals surface area contributed by atoms with Gasteiger partial charge in [-0.2, -0.15) is 13.8 Å². The zero-order valence-electron chi connectivity index (χ0n) is 21.4. The molecule has 3 aromatic rings. The molecule has 0 radical (unpaired) electrons. The van der Waals surface area contributed by atoms with Gasteiger partial charge in [0.1, 0.15) is 0 Å². The standard InChI is InChI=1S/C14H14F2N2.C6H4FNO2.C5H12.C2H6/c1-3-9(2)10-8-12(15)18-14(16)13(10)11-6-4-5-7-17-11;7-10-6(9)5-3-1-2-4-8-5;1-3-5-4-2;1-2/h4-9H,3H2,1-2H3;1-4H;3-5H2,1-2H3;1-2H3. The largest absolute Gasteiger partial charge is 0.397 e. The highest BCUT2D eigenvalue weighted by Gasteiger charge is 2.19. The molecule has 0 N–H and O–H groups in total. The van der Waals surface area contributed by atoms with Crippen LogP contribution >= 0.6 is 0 Å². The maximum Gasteiger partial charge on any atom is 0.397 e. The molecule has 1 unspecified atom stereocenters. The number of nitrogens with zero attached hydrogens (tertiary/aromatic N) is 3. The average Bonchev–Trinajstić information content (AvgIpc) is 2.90. The van der Waals surface area contributed by atoms with Crippen LogP contribution < -0.4 is 0 Å². The predicted octanol–water partition coefficient (Wildman–Crippen LogP) is 8.28. The van der Waals surface area contributed by atoms with Gasteiger partial charge in [0, 0.05) is 16.9 Å². The summed E-state index contributed by atoms with van der Waals surface area (Å²) < 4.78 is 38.3. The molecular weight excluding hydrogens is 455 g/mol. The molecule has 1 atom stereocenters. The fourth-order valence-corrected chi connectivity index (χ4v) is 2.75. The van der Waals surface area contributed by atoms with Crippen LogP contribution in [0.2, 0.25) is 0 Å². The second kappa shape index (κ2) is 19.1. The van der Waals surface area contributed by atoms with Crippen molar-refractivity contribution < 1.29 is 23.0 Å². The molecule has 3 aromatic heterocycles. The first kappa shape index (κ1) is 31.7. The summed E-state index contributed by atoms with van der Waals surface area (Å²) in [5.74, 6) is -2.61. The Bertz CT molecular complexity index is 957. The predicted molar refractivity (Wildman–Crippen MR) is 133 cm³/mol. The van der Waals surface area contributed by atoms with E-state index in [-0.39, 0.29) is 11.6 Å². The first-order valence-corrected chi connectivity index (χ1v) is 11.9. The smallest absolute Gasteiger partial charge is 0.256 e. The van der Waals surface area contributed by atoms with E-state index in [2.05, 4.69) is 33.7 Å². The molecule has 0 aliphatic carbocycles. The van der Waals surface area contributed by atoms with E-state index in [1.54, 1.807) is 36.5 Å². The highest BCUT2D eigenvalue weighted by Crippen LogP contribution is 2.31. The van der Waals surface area contributed by atoms with E-state index in [4.69, 9.17) is 0 Å². The number of pyridine rings is 3. The van der Waals surface area contributed by atoms with E-state index in [1.165, 1.54) is 37.6 Å². The molecule has 0 aliphatic rings. The summed E-state index contributed by atoms with van der Waals surface area (Å²) in [6.45, 7) is 12.3. The Kier molecular flexibility index (Phi) is 17.3. The van der Waals surface area contributed by atoms with Gasteiger partial charge in [-0.25, -0.2) is 14.7 Å². The molecule has 0 saturated carbocycles. The normalized spacial score (nSPS) is 10.3. The Balaban J connectivity index is 0.000000572. The Morgan fingerprint density at radius 1 is 0.971 bits per heavy atom. The Labute approximate surface area is 206 Å². The molecule has 5 nitrogen and oxygen atoms in total. The third-order valence-electron chi connectivity index (χ3n) is 4.69. The number of hydrogen-bond acceptors (Lipinski definition) is 5. The van der Waals surface area contributed by atoms with Crippen LogP contribution in [-0.4, -0.2) is 20.9 Å². The first-order chi connectivity index (χ1) is 16.9. The molecular formula is C27H36F3N3O2. The number of hydrogen-bond donors (Lipinski definition) is 0. The number of rotatable bonds is 6. The highest BCUT2D eigenvalue weighted by molar-refractivity contribution is 5.86. The first-order valence-electron chi connectivity index (χ1n) is 11.9. The molecule has 0 amide bonds. The second-order valence-electron chi connectivity index (χ2n) is 7.16. The van der Waals surface area contributed by atoms with Gasteiger partial charge in [-0.3, -0.25) is 4.98 Å². The van der Waals surface area contributed by atoms with Gasteiger partial charge < -0.3 is 0 Å². The van der Waals surface area contributed by atoms with E-state index in [9.17, 15) is 18.1 Å². The van der Waals surface area contributed by atoms with Crippen LogP contribution in [0.15, 0.2) is 54.9 Å². The maximum atomic E-state index is 13.9. The van der Waals surface area contributed by atoms with Crippen LogP contribution in [0.4, 0.5) is 13.3 Å². The summed E-state index contributed by atoms with van der Waals surface area (Å²) in [5, 5.41) is 0. The molecule has 0 saturated heterocycles. The monoisotopic (exact) mass is 491 g/mol. The van der Waals surface area contributed by atoms with E-state index in [0.29, 0.717) is 16.8 Å². The van der Waals surface area contributed by atoms with Crippen molar-refractivity contribution in [3.05, 3.63) is 78.0 Å². The van der Waals surface area contributed by atoms with Crippen molar-refractivity contribution >= 4 is 5.97 Å². The molecule has 0 fully saturated rings. The maximum absolute atomic E-state index is 13.9. The zero-order valence-corrected chi connectivity index (χ0v) is 21.4. The highest BCUT2D eigenvalue weighted by atomic mass is 19.3. The lowest BCUT2D eigenvalue weighted by Crippen LogP contribution is -2.03. The fraction of sp³-hybridized carbons (Fsp3) is 0.407. The topological polar surface area (TPSA) is 65.0 Å². The molecule has 192 valence electrons. The Morgan fingerprint density at radius 2 is 1.57 bits per heavy atom. The minimum absolute atomic E-state index is 0.0370. The van der Waals surface area contributed by atoms with Gasteiger partial charge in [-0.05, 0) is 48.2 Å². The molecule has 8 heteroatoms. The molecule has 0 bridgehead atoms. The van der Waals surface area contributed by atoms with Crippen LogP contribution in [0.5, 0.6) is 0 Å². The Morgan fingerprint density at radius 3 is 2.00 bits per heavy atom. The van der Waals surface area contributed by atoms with Gasteiger partial charge in [-0.15, -0.1) is 0 Å². The zero-order chi connectivity index (χ0) is 26.6. The summed E-state index contributed by atoms with van der Waals surface area (Å²) in [7, 11) is 0. The van der Waals surface area contributed by atoms with E-state index < -0.39 is 17.9 Å². The molecule has 35 heavy (non-hydrogen) atoms. The van der Waals surface area contributed by atoms with Gasteiger partial charge in [0.15, 0.2) is 5.69 Å². The van der Waals surface area contributed by atoms with E-state index in [1.807, 2.05) is 27.7 Å². The van der Waals surface area contributed by atoms with Crippen LogP contribution in [-0.2, 0) is 4.94 Å². The Hall–Kier alpha value is -3.29. The van der Waals surface area contributed by atoms with Gasteiger partial charge in [0.2, 0.25) is 11.9 Å². The molecule has 0 spiro atoms. The van der Waals surface area contributed by atoms with Crippen LogP contribution in [0.3, 0.4) is 0 Å². The van der Waals surface area contributed by atoms with Gasteiger partial charge >= 0.3 is 5.97 Å². The minimum atomic E-state index is -1.07. The van der Waals surface area contributed by atoms with E-state index >= 15 is 0 Å². The second-order valence-corrected chi connectivity index (χ2v) is 7.16. The summed E-state index contributed by atoms with van der Waals surface area (Å²) in [6, 6.07) is 11.1. The number of carbonyl (C=O) groups is 1. The van der Waals surface area contributed by atoms with Crippen LogP contribution in [0.25, 0.3) is 11.3 Å². The number of carbonyl (C=O) groups excluding carboxylic acids is 1. The lowest BCUT2D eigenvalue weighted by atomic mass is 9.93. The SMILES string of the molecule is CC.CCC(C)c1cc(F)nc(F)c1-c1ccccn1.CCCCC.O=C(OF)c1ccccn1. The lowest BCUT2D eigenvalue weighted by molar-refractivity contribution is -0.0793. The van der Waals surface area contributed by atoms with Crippen molar-refractivity contribution in [1.82, 2.24) is 15.0 Å².